The molecular formula is C18H15Cl2N3O2S. The van der Waals surface area contributed by atoms with Gasteiger partial charge in [0.1, 0.15) is 4.90 Å². The Bertz CT molecular complexity index is 1040. The summed E-state index contributed by atoms with van der Waals surface area (Å²) < 4.78 is 27.7. The van der Waals surface area contributed by atoms with E-state index in [1.165, 1.54) is 12.1 Å². The van der Waals surface area contributed by atoms with Crippen molar-refractivity contribution in [2.24, 2.45) is 0 Å². The fourth-order valence-electron chi connectivity index (χ4n) is 2.35. The molecule has 134 valence electrons. The normalized spacial score (nSPS) is 11.5. The number of hydrogen-bond donors (Lipinski definition) is 1. The van der Waals surface area contributed by atoms with Crippen molar-refractivity contribution < 1.29 is 8.42 Å². The fourth-order valence-corrected chi connectivity index (χ4v) is 4.20. The van der Waals surface area contributed by atoms with Gasteiger partial charge >= 0.3 is 0 Å². The second kappa shape index (κ2) is 7.72. The lowest BCUT2D eigenvalue weighted by Gasteiger charge is -2.11. The van der Waals surface area contributed by atoms with Crippen molar-refractivity contribution >= 4 is 33.2 Å². The molecule has 3 aromatic rings. The summed E-state index contributed by atoms with van der Waals surface area (Å²) in [5.41, 5.74) is 2.98. The summed E-state index contributed by atoms with van der Waals surface area (Å²) in [4.78, 5) is 8.36. The fraction of sp³-hybridized carbons (Fsp3) is 0.111. The van der Waals surface area contributed by atoms with Crippen molar-refractivity contribution in [3.05, 3.63) is 76.2 Å². The number of rotatable bonds is 5. The first kappa shape index (κ1) is 18.8. The van der Waals surface area contributed by atoms with Gasteiger partial charge in [-0.1, -0.05) is 23.2 Å². The van der Waals surface area contributed by atoms with E-state index in [1.807, 2.05) is 18.2 Å². The smallest absolute Gasteiger partial charge is 0.242 e. The van der Waals surface area contributed by atoms with Gasteiger partial charge in [-0.2, -0.15) is 0 Å². The van der Waals surface area contributed by atoms with E-state index in [0.717, 1.165) is 16.8 Å². The molecular weight excluding hydrogens is 393 g/mol. The maximum Gasteiger partial charge on any atom is 0.242 e. The predicted octanol–water partition coefficient (Wildman–Crippen LogP) is 4.24. The van der Waals surface area contributed by atoms with Crippen LogP contribution in [0, 0.1) is 6.92 Å². The molecule has 0 saturated heterocycles. The molecule has 2 aromatic heterocycles. The second-order valence-electron chi connectivity index (χ2n) is 5.65. The van der Waals surface area contributed by atoms with Crippen molar-refractivity contribution in [1.29, 1.82) is 0 Å². The summed E-state index contributed by atoms with van der Waals surface area (Å²) in [7, 11) is -3.78. The van der Waals surface area contributed by atoms with E-state index in [4.69, 9.17) is 23.2 Å². The summed E-state index contributed by atoms with van der Waals surface area (Å²) in [6, 6.07) is 10.2. The minimum atomic E-state index is -3.78. The average Bonchev–Trinajstić information content (AvgIpc) is 2.64. The van der Waals surface area contributed by atoms with Crippen molar-refractivity contribution in [3.63, 3.8) is 0 Å². The van der Waals surface area contributed by atoms with Gasteiger partial charge in [-0.3, -0.25) is 9.97 Å². The molecule has 0 amide bonds. The van der Waals surface area contributed by atoms with Crippen molar-refractivity contribution in [2.75, 3.05) is 0 Å². The Balaban J connectivity index is 1.82. The summed E-state index contributed by atoms with van der Waals surface area (Å²) in [6.45, 7) is 1.83. The topological polar surface area (TPSA) is 72.0 Å². The molecule has 0 spiro atoms. The highest BCUT2D eigenvalue weighted by atomic mass is 35.5. The van der Waals surface area contributed by atoms with Crippen LogP contribution in [0.5, 0.6) is 0 Å². The lowest BCUT2D eigenvalue weighted by molar-refractivity contribution is 0.581. The third kappa shape index (κ3) is 4.22. The number of nitrogens with one attached hydrogen (secondary N) is 1. The Hall–Kier alpha value is -1.99. The molecule has 5 nitrogen and oxygen atoms in total. The molecule has 0 unspecified atom stereocenters. The van der Waals surface area contributed by atoms with Gasteiger partial charge < -0.3 is 0 Å². The van der Waals surface area contributed by atoms with Crippen LogP contribution in [0.1, 0.15) is 11.1 Å². The number of aryl methyl sites for hydroxylation is 1. The van der Waals surface area contributed by atoms with Gasteiger partial charge in [-0.05, 0) is 54.4 Å². The van der Waals surface area contributed by atoms with Gasteiger partial charge in [0.2, 0.25) is 10.0 Å². The zero-order chi connectivity index (χ0) is 18.7. The van der Waals surface area contributed by atoms with Crippen molar-refractivity contribution in [3.8, 4) is 11.3 Å². The molecule has 0 aliphatic heterocycles. The summed E-state index contributed by atoms with van der Waals surface area (Å²) >= 11 is 12.0. The highest BCUT2D eigenvalue weighted by Gasteiger charge is 2.19. The molecule has 2 heterocycles. The maximum atomic E-state index is 12.6. The lowest BCUT2D eigenvalue weighted by atomic mass is 10.1. The number of pyridine rings is 2. The van der Waals surface area contributed by atoms with Crippen LogP contribution in [-0.2, 0) is 16.6 Å². The first-order chi connectivity index (χ1) is 12.4. The number of hydrogen-bond acceptors (Lipinski definition) is 4. The zero-order valence-electron chi connectivity index (χ0n) is 13.8. The van der Waals surface area contributed by atoms with Gasteiger partial charge in [0.05, 0.1) is 10.7 Å². The zero-order valence-corrected chi connectivity index (χ0v) is 16.1. The van der Waals surface area contributed by atoms with Crippen LogP contribution in [0.3, 0.4) is 0 Å². The molecule has 0 aliphatic rings. The van der Waals surface area contributed by atoms with Gasteiger partial charge in [-0.25, -0.2) is 13.1 Å². The Labute approximate surface area is 162 Å². The molecule has 26 heavy (non-hydrogen) atoms. The third-order valence-corrected chi connectivity index (χ3v) is 6.02. The number of benzene rings is 1. The van der Waals surface area contributed by atoms with Crippen molar-refractivity contribution in [1.82, 2.24) is 14.7 Å². The van der Waals surface area contributed by atoms with Crippen LogP contribution in [0.4, 0.5) is 0 Å². The lowest BCUT2D eigenvalue weighted by Crippen LogP contribution is -2.23. The molecule has 0 saturated carbocycles. The molecule has 0 bridgehead atoms. The van der Waals surface area contributed by atoms with Crippen LogP contribution in [0.15, 0.2) is 59.9 Å². The molecule has 0 radical (unpaired) electrons. The minimum Gasteiger partial charge on any atom is -0.264 e. The van der Waals surface area contributed by atoms with Gasteiger partial charge in [-0.15, -0.1) is 0 Å². The van der Waals surface area contributed by atoms with Crippen LogP contribution >= 0.6 is 23.2 Å². The Morgan fingerprint density at radius 1 is 1.08 bits per heavy atom. The van der Waals surface area contributed by atoms with Crippen molar-refractivity contribution in [2.45, 2.75) is 18.4 Å². The first-order valence-corrected chi connectivity index (χ1v) is 9.91. The highest BCUT2D eigenvalue weighted by molar-refractivity contribution is 7.89. The maximum absolute atomic E-state index is 12.6. The summed E-state index contributed by atoms with van der Waals surface area (Å²) in [5, 5.41) is 0.503. The first-order valence-electron chi connectivity index (χ1n) is 7.67. The van der Waals surface area contributed by atoms with E-state index >= 15 is 0 Å². The van der Waals surface area contributed by atoms with E-state index in [2.05, 4.69) is 14.7 Å². The van der Waals surface area contributed by atoms with Gasteiger partial charge in [0.15, 0.2) is 0 Å². The Morgan fingerprint density at radius 2 is 1.88 bits per heavy atom. The van der Waals surface area contributed by atoms with Crippen LogP contribution < -0.4 is 4.72 Å². The molecule has 0 atom stereocenters. The summed E-state index contributed by atoms with van der Waals surface area (Å²) in [6.07, 6.45) is 5.01. The second-order valence-corrected chi connectivity index (χ2v) is 8.20. The number of nitrogens with zero attached hydrogens (tertiary/aromatic N) is 2. The highest BCUT2D eigenvalue weighted by Crippen LogP contribution is 2.28. The minimum absolute atomic E-state index is 0.00241. The van der Waals surface area contributed by atoms with Crippen LogP contribution in [0.25, 0.3) is 11.3 Å². The van der Waals surface area contributed by atoms with Crippen LogP contribution in [0.2, 0.25) is 10.0 Å². The molecule has 0 fully saturated rings. The van der Waals surface area contributed by atoms with E-state index < -0.39 is 10.0 Å². The van der Waals surface area contributed by atoms with Gasteiger partial charge in [0, 0.05) is 35.7 Å². The standard InChI is InChI=1S/C18H15Cl2N3O2S/c1-12-7-18(16(20)9-15(12)19)26(24,25)23-10-13-4-6-22-17(8-13)14-3-2-5-21-11-14/h2-9,11,23H,10H2,1H3. The monoisotopic (exact) mass is 407 g/mol. The Kier molecular flexibility index (Phi) is 5.58. The average molecular weight is 408 g/mol. The largest absolute Gasteiger partial charge is 0.264 e. The third-order valence-electron chi connectivity index (χ3n) is 3.75. The molecule has 3 rings (SSSR count). The summed E-state index contributed by atoms with van der Waals surface area (Å²) in [5.74, 6) is 0. The Morgan fingerprint density at radius 3 is 2.62 bits per heavy atom. The van der Waals surface area contributed by atoms with E-state index in [1.54, 1.807) is 31.6 Å². The quantitative estimate of drug-likeness (QED) is 0.686. The number of sulfonamides is 1. The van der Waals surface area contributed by atoms with E-state index in [-0.39, 0.29) is 16.5 Å². The predicted molar refractivity (Wildman–Crippen MR) is 103 cm³/mol. The SMILES string of the molecule is Cc1cc(S(=O)(=O)NCc2ccnc(-c3cccnc3)c2)c(Cl)cc1Cl. The van der Waals surface area contributed by atoms with E-state index in [9.17, 15) is 8.42 Å². The molecule has 0 aliphatic carbocycles. The molecule has 1 N–H and O–H groups in total. The molecule has 8 heteroatoms. The number of halogens is 2. The van der Waals surface area contributed by atoms with E-state index in [0.29, 0.717) is 10.6 Å². The number of aromatic nitrogens is 2. The molecule has 1 aromatic carbocycles. The van der Waals surface area contributed by atoms with Gasteiger partial charge in [0.25, 0.3) is 0 Å². The van der Waals surface area contributed by atoms with Crippen LogP contribution in [-0.4, -0.2) is 18.4 Å².